The highest BCUT2D eigenvalue weighted by molar-refractivity contribution is 5.79. The highest BCUT2D eigenvalue weighted by atomic mass is 15.4. The minimum Gasteiger partial charge on any atom is -0.339 e. The lowest BCUT2D eigenvalue weighted by Crippen LogP contribution is -2.49. The summed E-state index contributed by atoms with van der Waals surface area (Å²) in [6, 6.07) is 0.912. The number of hydrogen-bond acceptors (Lipinski definition) is 2. The molecule has 15 heavy (non-hydrogen) atoms. The molecule has 1 aliphatic rings. The number of hydrogen-bond donors (Lipinski definition) is 2. The van der Waals surface area contributed by atoms with Gasteiger partial charge in [0.15, 0.2) is 0 Å². The van der Waals surface area contributed by atoms with Crippen molar-refractivity contribution in [3.8, 4) is 0 Å². The second kappa shape index (κ2) is 5.95. The maximum Gasteiger partial charge on any atom is 0.208 e. The molecule has 0 aliphatic heterocycles. The van der Waals surface area contributed by atoms with E-state index in [4.69, 9.17) is 5.84 Å². The van der Waals surface area contributed by atoms with Gasteiger partial charge in [0, 0.05) is 18.6 Å². The number of hydrazine groups is 1. The van der Waals surface area contributed by atoms with Crippen LogP contribution in [0.4, 0.5) is 0 Å². The fraction of sp³-hybridized carbons (Fsp3) is 0.909. The van der Waals surface area contributed by atoms with E-state index in [1.807, 2.05) is 0 Å². The van der Waals surface area contributed by atoms with Gasteiger partial charge in [0.25, 0.3) is 0 Å². The Morgan fingerprint density at radius 2 is 2.07 bits per heavy atom. The van der Waals surface area contributed by atoms with Crippen molar-refractivity contribution in [2.24, 2.45) is 10.8 Å². The lowest BCUT2D eigenvalue weighted by atomic mass is 10.2. The number of nitrogens with zero attached hydrogens (tertiary/aromatic N) is 2. The Balaban J connectivity index is 2.69. The van der Waals surface area contributed by atoms with E-state index in [9.17, 15) is 0 Å². The average Bonchev–Trinajstić information content (AvgIpc) is 2.70. The molecule has 0 aromatic rings. The summed E-state index contributed by atoms with van der Waals surface area (Å²) < 4.78 is 0. The first-order valence-electron chi connectivity index (χ1n) is 6.00. The van der Waals surface area contributed by atoms with Gasteiger partial charge >= 0.3 is 0 Å². The van der Waals surface area contributed by atoms with Gasteiger partial charge in [-0.1, -0.05) is 12.8 Å². The predicted octanol–water partition coefficient (Wildman–Crippen LogP) is 1.48. The highest BCUT2D eigenvalue weighted by Gasteiger charge is 2.23. The molecule has 0 atom stereocenters. The zero-order valence-electron chi connectivity index (χ0n) is 10.2. The molecule has 88 valence electrons. The van der Waals surface area contributed by atoms with Crippen LogP contribution in [0.3, 0.4) is 0 Å². The molecule has 1 rings (SSSR count). The zero-order valence-corrected chi connectivity index (χ0v) is 10.2. The van der Waals surface area contributed by atoms with Crippen molar-refractivity contribution >= 4 is 5.96 Å². The van der Waals surface area contributed by atoms with E-state index in [0.29, 0.717) is 6.04 Å². The molecule has 0 heterocycles. The third-order valence-electron chi connectivity index (χ3n) is 2.89. The van der Waals surface area contributed by atoms with Gasteiger partial charge in [0.05, 0.1) is 0 Å². The number of nitrogens with one attached hydrogen (secondary N) is 1. The fourth-order valence-electron chi connectivity index (χ4n) is 2.24. The van der Waals surface area contributed by atoms with Gasteiger partial charge in [-0.2, -0.15) is 0 Å². The monoisotopic (exact) mass is 212 g/mol. The molecule has 1 fully saturated rings. The van der Waals surface area contributed by atoms with Gasteiger partial charge in [0.2, 0.25) is 5.96 Å². The maximum atomic E-state index is 5.54. The summed E-state index contributed by atoms with van der Waals surface area (Å²) in [5.41, 5.74) is 2.74. The second-order valence-corrected chi connectivity index (χ2v) is 4.42. The van der Waals surface area contributed by atoms with Gasteiger partial charge in [-0.05, 0) is 33.6 Å². The molecule has 0 unspecified atom stereocenters. The topological polar surface area (TPSA) is 53.6 Å². The molecular weight excluding hydrogens is 188 g/mol. The standard InChI is InChI=1S/C11H24N4/c1-4-15(10-7-5-6-8-10)11(14-12)13-9(2)3/h9-10H,4-8,12H2,1-3H3,(H,13,14). The van der Waals surface area contributed by atoms with Gasteiger partial charge < -0.3 is 4.90 Å². The molecule has 0 saturated heterocycles. The number of guanidine groups is 1. The Morgan fingerprint density at radius 1 is 1.47 bits per heavy atom. The summed E-state index contributed by atoms with van der Waals surface area (Å²) >= 11 is 0. The highest BCUT2D eigenvalue weighted by Crippen LogP contribution is 2.23. The van der Waals surface area contributed by atoms with Crippen molar-refractivity contribution in [3.63, 3.8) is 0 Å². The summed E-state index contributed by atoms with van der Waals surface area (Å²) in [6.07, 6.45) is 5.21. The van der Waals surface area contributed by atoms with E-state index < -0.39 is 0 Å². The van der Waals surface area contributed by atoms with Crippen LogP contribution in [0.5, 0.6) is 0 Å². The smallest absolute Gasteiger partial charge is 0.208 e. The molecule has 3 N–H and O–H groups in total. The van der Waals surface area contributed by atoms with Gasteiger partial charge in [-0.15, -0.1) is 0 Å². The summed E-state index contributed by atoms with van der Waals surface area (Å²) in [5, 5.41) is 0. The normalized spacial score (nSPS) is 18.6. The van der Waals surface area contributed by atoms with E-state index >= 15 is 0 Å². The van der Waals surface area contributed by atoms with Crippen molar-refractivity contribution < 1.29 is 0 Å². The van der Waals surface area contributed by atoms with Crippen LogP contribution in [0, 0.1) is 0 Å². The Morgan fingerprint density at radius 3 is 2.47 bits per heavy atom. The summed E-state index contributed by atoms with van der Waals surface area (Å²) in [5.74, 6) is 6.39. The van der Waals surface area contributed by atoms with Crippen molar-refractivity contribution in [1.82, 2.24) is 10.3 Å². The van der Waals surface area contributed by atoms with Crippen molar-refractivity contribution in [1.29, 1.82) is 0 Å². The van der Waals surface area contributed by atoms with Gasteiger partial charge in [0.1, 0.15) is 0 Å². The molecule has 1 aliphatic carbocycles. The molecule has 0 bridgehead atoms. The minimum atomic E-state index is 0.284. The van der Waals surface area contributed by atoms with Crippen LogP contribution in [-0.2, 0) is 0 Å². The Kier molecular flexibility index (Phi) is 4.88. The summed E-state index contributed by atoms with van der Waals surface area (Å²) in [4.78, 5) is 6.82. The van der Waals surface area contributed by atoms with E-state index in [0.717, 1.165) is 12.5 Å². The first-order valence-corrected chi connectivity index (χ1v) is 6.00. The lowest BCUT2D eigenvalue weighted by Gasteiger charge is -2.30. The third kappa shape index (κ3) is 3.38. The number of nitrogens with two attached hydrogens (primary N) is 1. The van der Waals surface area contributed by atoms with Crippen LogP contribution in [0.2, 0.25) is 0 Å². The number of rotatable bonds is 3. The van der Waals surface area contributed by atoms with Gasteiger partial charge in [-0.25, -0.2) is 10.8 Å². The molecular formula is C11H24N4. The van der Waals surface area contributed by atoms with Crippen LogP contribution in [0.15, 0.2) is 4.99 Å². The van der Waals surface area contributed by atoms with Gasteiger partial charge in [-0.3, -0.25) is 5.43 Å². The molecule has 0 aromatic heterocycles. The zero-order chi connectivity index (χ0) is 11.3. The second-order valence-electron chi connectivity index (χ2n) is 4.42. The molecule has 1 saturated carbocycles. The van der Waals surface area contributed by atoms with E-state index in [-0.39, 0.29) is 6.04 Å². The maximum absolute atomic E-state index is 5.54. The Bertz CT molecular complexity index is 207. The molecule has 4 heteroatoms. The fourth-order valence-corrected chi connectivity index (χ4v) is 2.24. The molecule has 0 aromatic carbocycles. The predicted molar refractivity (Wildman–Crippen MR) is 64.5 cm³/mol. The van der Waals surface area contributed by atoms with Crippen LogP contribution >= 0.6 is 0 Å². The average molecular weight is 212 g/mol. The van der Waals surface area contributed by atoms with Crippen molar-refractivity contribution in [3.05, 3.63) is 0 Å². The SMILES string of the molecule is CCN(C(=NC(C)C)NN)C1CCCC1. The first-order chi connectivity index (χ1) is 7.19. The summed E-state index contributed by atoms with van der Waals surface area (Å²) in [7, 11) is 0. The molecule has 0 radical (unpaired) electrons. The Labute approximate surface area is 92.9 Å². The van der Waals surface area contributed by atoms with E-state index in [1.165, 1.54) is 25.7 Å². The molecule has 0 spiro atoms. The first kappa shape index (κ1) is 12.3. The van der Waals surface area contributed by atoms with Crippen LogP contribution in [-0.4, -0.2) is 29.5 Å². The molecule has 4 nitrogen and oxygen atoms in total. The van der Waals surface area contributed by atoms with Crippen LogP contribution in [0.1, 0.15) is 46.5 Å². The van der Waals surface area contributed by atoms with E-state index in [2.05, 4.69) is 36.1 Å². The minimum absolute atomic E-state index is 0.284. The third-order valence-corrected chi connectivity index (χ3v) is 2.89. The lowest BCUT2D eigenvalue weighted by molar-refractivity contribution is 0.316. The molecule has 0 amide bonds. The quantitative estimate of drug-likeness (QED) is 0.322. The van der Waals surface area contributed by atoms with Crippen LogP contribution < -0.4 is 11.3 Å². The largest absolute Gasteiger partial charge is 0.339 e. The number of aliphatic imine (C=N–C) groups is 1. The van der Waals surface area contributed by atoms with Crippen LogP contribution in [0.25, 0.3) is 0 Å². The summed E-state index contributed by atoms with van der Waals surface area (Å²) in [6.45, 7) is 7.27. The van der Waals surface area contributed by atoms with Crippen molar-refractivity contribution in [2.45, 2.75) is 58.5 Å². The van der Waals surface area contributed by atoms with Crippen molar-refractivity contribution in [2.75, 3.05) is 6.54 Å². The Hall–Kier alpha value is -0.770. The van der Waals surface area contributed by atoms with E-state index in [1.54, 1.807) is 0 Å².